The van der Waals surface area contributed by atoms with E-state index in [9.17, 15) is 27.5 Å². The predicted molar refractivity (Wildman–Crippen MR) is 155 cm³/mol. The van der Waals surface area contributed by atoms with Gasteiger partial charge in [0, 0.05) is 30.6 Å². The summed E-state index contributed by atoms with van der Waals surface area (Å²) in [4.78, 5) is 27.4. The van der Waals surface area contributed by atoms with Crippen molar-refractivity contribution in [3.8, 4) is 11.8 Å². The minimum Gasteiger partial charge on any atom is -0.508 e. The number of benzene rings is 2. The van der Waals surface area contributed by atoms with Crippen LogP contribution >= 0.6 is 0 Å². The number of fused-ring (bicyclic) bond motifs is 3. The van der Waals surface area contributed by atoms with Crippen LogP contribution in [0.4, 0.5) is 29.1 Å². The average molecular weight is 602 g/mol. The maximum Gasteiger partial charge on any atom is 0.318 e. The normalized spacial score (nSPS) is 23.2. The lowest BCUT2D eigenvalue weighted by Crippen LogP contribution is -2.37. The van der Waals surface area contributed by atoms with Gasteiger partial charge in [-0.05, 0) is 68.2 Å². The molecule has 3 unspecified atom stereocenters. The number of phenols is 1. The van der Waals surface area contributed by atoms with Gasteiger partial charge in [-0.15, -0.1) is 0 Å². The molecule has 2 aromatic carbocycles. The average Bonchev–Trinajstić information content (AvgIpc) is 3.77. The van der Waals surface area contributed by atoms with Crippen LogP contribution < -0.4 is 14.5 Å². The molecule has 1 aromatic heterocycles. The van der Waals surface area contributed by atoms with Gasteiger partial charge in [-0.1, -0.05) is 13.0 Å². The summed E-state index contributed by atoms with van der Waals surface area (Å²) in [6, 6.07) is 5.32. The number of halogens is 4. The Morgan fingerprint density at radius 3 is 2.65 bits per heavy atom. The molecule has 3 fully saturated rings. The standard InChI is InChI=1S/C24H23F3N4O3.C7H12FN/c1-3-14-15(25)7-6-12-9-13(32)10-18(19(12)14)31-11-16-20(23(31)33)22(29-24(28-16)34-2)30-8-4-5-17(30)21(26)27;8-6-4-7-2-1-3-9(7)5-6/h6-7,9-10,17,21,32H,3-5,8,11H2,1-2H3;6-7H,1-5H2. The number of amides is 1. The van der Waals surface area contributed by atoms with E-state index in [1.807, 2.05) is 0 Å². The third-order valence-corrected chi connectivity index (χ3v) is 8.99. The summed E-state index contributed by atoms with van der Waals surface area (Å²) in [5.41, 5.74) is 1.19. The predicted octanol–water partition coefficient (Wildman–Crippen LogP) is 5.63. The number of nitrogens with zero attached hydrogens (tertiary/aromatic N) is 5. The molecular weight excluding hydrogens is 566 g/mol. The van der Waals surface area contributed by atoms with Crippen molar-refractivity contribution in [2.24, 2.45) is 0 Å². The fourth-order valence-corrected chi connectivity index (χ4v) is 7.03. The smallest absolute Gasteiger partial charge is 0.318 e. The molecule has 4 aliphatic heterocycles. The molecule has 1 N–H and O–H groups in total. The summed E-state index contributed by atoms with van der Waals surface area (Å²) in [7, 11) is 1.37. The SMILES string of the molecule is CCc1c(F)ccc2cc(O)cc(N3Cc4nc(OC)nc(N5CCCC5C(F)F)c4C3=O)c12.FC1CC2CCCN2C1. The Balaban J connectivity index is 0.000000310. The molecule has 3 aromatic rings. The number of aromatic nitrogens is 2. The second-order valence-corrected chi connectivity index (χ2v) is 11.6. The summed E-state index contributed by atoms with van der Waals surface area (Å²) in [6.07, 6.45) is 1.42. The zero-order chi connectivity index (χ0) is 30.4. The van der Waals surface area contributed by atoms with Crippen LogP contribution in [-0.2, 0) is 13.0 Å². The maximum absolute atomic E-state index is 14.7. The molecule has 0 saturated carbocycles. The van der Waals surface area contributed by atoms with Crippen LogP contribution in [0.25, 0.3) is 10.8 Å². The molecule has 230 valence electrons. The number of methoxy groups -OCH3 is 1. The van der Waals surface area contributed by atoms with Gasteiger partial charge >= 0.3 is 6.01 Å². The van der Waals surface area contributed by atoms with Crippen molar-refractivity contribution >= 4 is 28.2 Å². The molecule has 8 nitrogen and oxygen atoms in total. The summed E-state index contributed by atoms with van der Waals surface area (Å²) in [5.74, 6) is -0.875. The molecule has 1 amide bonds. The number of rotatable bonds is 5. The first-order chi connectivity index (χ1) is 20.7. The Morgan fingerprint density at radius 1 is 1.14 bits per heavy atom. The Hall–Kier alpha value is -3.67. The fraction of sp³-hybridized carbons (Fsp3) is 0.516. The van der Waals surface area contributed by atoms with E-state index >= 15 is 0 Å². The van der Waals surface area contributed by atoms with Crippen molar-refractivity contribution in [2.75, 3.05) is 36.5 Å². The summed E-state index contributed by atoms with van der Waals surface area (Å²) in [6.45, 7) is 4.00. The number of hydrogen-bond acceptors (Lipinski definition) is 7. The van der Waals surface area contributed by atoms with Gasteiger partial charge in [0.2, 0.25) is 0 Å². The number of carbonyl (C=O) groups excluding carboxylic acids is 1. The van der Waals surface area contributed by atoms with E-state index in [-0.39, 0.29) is 36.1 Å². The molecular formula is C31H35F4N5O3. The Labute approximate surface area is 247 Å². The molecule has 7 rings (SSSR count). The zero-order valence-electron chi connectivity index (χ0n) is 24.2. The lowest BCUT2D eigenvalue weighted by Gasteiger charge is -2.26. The van der Waals surface area contributed by atoms with E-state index in [0.717, 1.165) is 13.0 Å². The van der Waals surface area contributed by atoms with Crippen molar-refractivity contribution in [1.29, 1.82) is 0 Å². The second-order valence-electron chi connectivity index (χ2n) is 11.6. The molecule has 3 atom stereocenters. The van der Waals surface area contributed by atoms with Crippen molar-refractivity contribution in [3.05, 3.63) is 46.9 Å². The van der Waals surface area contributed by atoms with Crippen LogP contribution in [0.1, 0.15) is 60.6 Å². The third kappa shape index (κ3) is 5.34. The number of alkyl halides is 3. The minimum atomic E-state index is -2.60. The first-order valence-corrected chi connectivity index (χ1v) is 14.8. The zero-order valence-corrected chi connectivity index (χ0v) is 24.2. The summed E-state index contributed by atoms with van der Waals surface area (Å²) in [5, 5.41) is 11.4. The Morgan fingerprint density at radius 2 is 1.93 bits per heavy atom. The third-order valence-electron chi connectivity index (χ3n) is 8.99. The number of carbonyl (C=O) groups is 1. The van der Waals surface area contributed by atoms with Crippen molar-refractivity contribution < 1.29 is 32.2 Å². The first-order valence-electron chi connectivity index (χ1n) is 14.8. The molecule has 12 heteroatoms. The number of ether oxygens (including phenoxy) is 1. The van der Waals surface area contributed by atoms with Gasteiger partial charge < -0.3 is 19.6 Å². The van der Waals surface area contributed by atoms with Gasteiger partial charge in [0.1, 0.15) is 29.1 Å². The van der Waals surface area contributed by atoms with E-state index < -0.39 is 30.4 Å². The molecule has 5 heterocycles. The van der Waals surface area contributed by atoms with E-state index in [1.54, 1.807) is 13.0 Å². The largest absolute Gasteiger partial charge is 0.508 e. The molecule has 4 aliphatic rings. The number of aromatic hydroxyl groups is 1. The van der Waals surface area contributed by atoms with Crippen LogP contribution in [0, 0.1) is 5.82 Å². The first kappa shape index (κ1) is 29.4. The monoisotopic (exact) mass is 601 g/mol. The van der Waals surface area contributed by atoms with Crippen LogP contribution in [0.2, 0.25) is 0 Å². The number of anilines is 2. The van der Waals surface area contributed by atoms with E-state index in [2.05, 4.69) is 14.9 Å². The number of aryl methyl sites for hydroxylation is 1. The number of hydrogen-bond donors (Lipinski definition) is 1. The van der Waals surface area contributed by atoms with Gasteiger partial charge in [0.05, 0.1) is 31.1 Å². The maximum atomic E-state index is 14.7. The van der Waals surface area contributed by atoms with Gasteiger partial charge in [-0.25, -0.2) is 17.6 Å². The molecule has 0 radical (unpaired) electrons. The van der Waals surface area contributed by atoms with Gasteiger partial charge in [0.15, 0.2) is 0 Å². The molecule has 3 saturated heterocycles. The van der Waals surface area contributed by atoms with Gasteiger partial charge in [-0.2, -0.15) is 9.97 Å². The Bertz CT molecular complexity index is 1530. The number of phenolic OH excluding ortho intramolecular Hbond substituents is 1. The molecule has 0 spiro atoms. The second kappa shape index (κ2) is 11.8. The van der Waals surface area contributed by atoms with Crippen LogP contribution in [0.15, 0.2) is 24.3 Å². The lowest BCUT2D eigenvalue weighted by atomic mass is 9.99. The van der Waals surface area contributed by atoms with Crippen molar-refractivity contribution in [3.63, 3.8) is 0 Å². The molecule has 0 aliphatic carbocycles. The van der Waals surface area contributed by atoms with E-state index in [1.165, 1.54) is 48.0 Å². The van der Waals surface area contributed by atoms with Crippen LogP contribution in [0.5, 0.6) is 11.8 Å². The molecule has 0 bridgehead atoms. The fourth-order valence-electron chi connectivity index (χ4n) is 7.03. The van der Waals surface area contributed by atoms with Gasteiger partial charge in [-0.3, -0.25) is 9.69 Å². The highest BCUT2D eigenvalue weighted by atomic mass is 19.3. The van der Waals surface area contributed by atoms with E-state index in [4.69, 9.17) is 4.74 Å². The minimum absolute atomic E-state index is 0.00541. The topological polar surface area (TPSA) is 82.0 Å². The van der Waals surface area contributed by atoms with Crippen LogP contribution in [0.3, 0.4) is 0 Å². The van der Waals surface area contributed by atoms with Crippen LogP contribution in [-0.4, -0.2) is 77.3 Å². The highest BCUT2D eigenvalue weighted by Gasteiger charge is 2.41. The van der Waals surface area contributed by atoms with Gasteiger partial charge in [0.25, 0.3) is 12.3 Å². The quantitative estimate of drug-likeness (QED) is 0.380. The van der Waals surface area contributed by atoms with Crippen molar-refractivity contribution in [2.45, 2.75) is 76.7 Å². The van der Waals surface area contributed by atoms with E-state index in [0.29, 0.717) is 59.7 Å². The lowest BCUT2D eigenvalue weighted by molar-refractivity contribution is 0.0994. The highest BCUT2D eigenvalue weighted by Crippen LogP contribution is 2.42. The summed E-state index contributed by atoms with van der Waals surface area (Å²) < 4.78 is 59.9. The summed E-state index contributed by atoms with van der Waals surface area (Å²) >= 11 is 0. The Kier molecular flexibility index (Phi) is 8.06. The highest BCUT2D eigenvalue weighted by molar-refractivity contribution is 6.16. The van der Waals surface area contributed by atoms with Crippen molar-refractivity contribution in [1.82, 2.24) is 14.9 Å². The molecule has 43 heavy (non-hydrogen) atoms.